The summed E-state index contributed by atoms with van der Waals surface area (Å²) in [5, 5.41) is 2.63. The Morgan fingerprint density at radius 3 is 1.85 bits per heavy atom. The van der Waals surface area contributed by atoms with Crippen LogP contribution in [0.15, 0.2) is 71.6 Å². The molecule has 0 spiro atoms. The van der Waals surface area contributed by atoms with E-state index in [-0.39, 0.29) is 17.3 Å². The molecule has 0 bridgehead atoms. The summed E-state index contributed by atoms with van der Waals surface area (Å²) in [6.07, 6.45) is 0. The molecule has 0 saturated carbocycles. The second-order valence-electron chi connectivity index (χ2n) is 7.14. The number of benzene rings is 3. The van der Waals surface area contributed by atoms with Gasteiger partial charge in [-0.3, -0.25) is 9.10 Å². The molecule has 174 valence electrons. The fraction of sp³-hybridized carbons (Fsp3) is 0.208. The number of amides is 1. The van der Waals surface area contributed by atoms with Crippen LogP contribution in [0.25, 0.3) is 0 Å². The highest BCUT2D eigenvalue weighted by atomic mass is 32.2. The van der Waals surface area contributed by atoms with Crippen LogP contribution in [0.3, 0.4) is 0 Å². The monoisotopic (exact) mass is 470 g/mol. The van der Waals surface area contributed by atoms with Gasteiger partial charge in [-0.25, -0.2) is 8.42 Å². The molecule has 0 aliphatic rings. The van der Waals surface area contributed by atoms with Crippen LogP contribution in [-0.4, -0.2) is 35.7 Å². The number of methoxy groups -OCH3 is 3. The van der Waals surface area contributed by atoms with Crippen molar-refractivity contribution in [2.24, 2.45) is 0 Å². The van der Waals surface area contributed by atoms with Crippen LogP contribution in [0.2, 0.25) is 0 Å². The second-order valence-corrected chi connectivity index (χ2v) is 9.00. The summed E-state index contributed by atoms with van der Waals surface area (Å²) in [5.41, 5.74) is 1.65. The number of carbonyl (C=O) groups excluding carboxylic acids is 1. The highest BCUT2D eigenvalue weighted by Gasteiger charge is 2.26. The SMILES string of the molecule is COc1ccc(N(Cc2cc(OC)cc(OC)c2)S(=O)(=O)c2ccc(NC(C)=O)cc2)cc1. The molecule has 3 aromatic rings. The van der Waals surface area contributed by atoms with Gasteiger partial charge < -0.3 is 19.5 Å². The zero-order valence-corrected chi connectivity index (χ0v) is 19.7. The maximum atomic E-state index is 13.7. The molecule has 0 unspecified atom stereocenters. The van der Waals surface area contributed by atoms with Crippen LogP contribution in [-0.2, 0) is 21.4 Å². The predicted octanol–water partition coefficient (Wildman–Crippen LogP) is 4.07. The van der Waals surface area contributed by atoms with Crippen molar-refractivity contribution in [3.63, 3.8) is 0 Å². The third-order valence-electron chi connectivity index (χ3n) is 4.86. The lowest BCUT2D eigenvalue weighted by atomic mass is 10.2. The first-order valence-corrected chi connectivity index (χ1v) is 11.5. The molecule has 0 aliphatic carbocycles. The molecule has 0 aliphatic heterocycles. The summed E-state index contributed by atoms with van der Waals surface area (Å²) in [4.78, 5) is 11.4. The van der Waals surface area contributed by atoms with Gasteiger partial charge in [0.25, 0.3) is 10.0 Å². The zero-order valence-electron chi connectivity index (χ0n) is 18.9. The lowest BCUT2D eigenvalue weighted by molar-refractivity contribution is -0.114. The minimum absolute atomic E-state index is 0.0374. The Bertz CT molecular complexity index is 1190. The van der Waals surface area contributed by atoms with Gasteiger partial charge in [0.05, 0.1) is 38.5 Å². The summed E-state index contributed by atoms with van der Waals surface area (Å²) in [6.45, 7) is 1.42. The molecule has 8 nitrogen and oxygen atoms in total. The third kappa shape index (κ3) is 5.75. The van der Waals surface area contributed by atoms with E-state index >= 15 is 0 Å². The Balaban J connectivity index is 2.05. The molecule has 0 aromatic heterocycles. The fourth-order valence-corrected chi connectivity index (χ4v) is 4.68. The van der Waals surface area contributed by atoms with Crippen molar-refractivity contribution in [1.29, 1.82) is 0 Å². The maximum absolute atomic E-state index is 13.7. The largest absolute Gasteiger partial charge is 0.497 e. The van der Waals surface area contributed by atoms with Crippen LogP contribution in [0, 0.1) is 0 Å². The van der Waals surface area contributed by atoms with Crippen LogP contribution in [0.5, 0.6) is 17.2 Å². The van der Waals surface area contributed by atoms with E-state index in [1.165, 1.54) is 37.6 Å². The molecular weight excluding hydrogens is 444 g/mol. The van der Waals surface area contributed by atoms with Gasteiger partial charge in [0.2, 0.25) is 5.91 Å². The summed E-state index contributed by atoms with van der Waals surface area (Å²) in [7, 11) is 0.656. The lowest BCUT2D eigenvalue weighted by Gasteiger charge is -2.25. The molecular formula is C24H26N2O6S. The van der Waals surface area contributed by atoms with Crippen molar-refractivity contribution < 1.29 is 27.4 Å². The number of nitrogens with zero attached hydrogens (tertiary/aromatic N) is 1. The van der Waals surface area contributed by atoms with Gasteiger partial charge in [-0.05, 0) is 66.2 Å². The summed E-state index contributed by atoms with van der Waals surface area (Å²) < 4.78 is 44.5. The lowest BCUT2D eigenvalue weighted by Crippen LogP contribution is -2.30. The first-order chi connectivity index (χ1) is 15.8. The van der Waals surface area contributed by atoms with Gasteiger partial charge in [-0.2, -0.15) is 0 Å². The van der Waals surface area contributed by atoms with Crippen molar-refractivity contribution in [2.45, 2.75) is 18.4 Å². The van der Waals surface area contributed by atoms with Gasteiger partial charge in [0.1, 0.15) is 17.2 Å². The number of hydrogen-bond acceptors (Lipinski definition) is 6. The van der Waals surface area contributed by atoms with E-state index in [0.717, 1.165) is 0 Å². The number of anilines is 2. The Morgan fingerprint density at radius 1 is 0.818 bits per heavy atom. The molecule has 0 atom stereocenters. The minimum atomic E-state index is -3.96. The number of hydrogen-bond donors (Lipinski definition) is 1. The topological polar surface area (TPSA) is 94.2 Å². The van der Waals surface area contributed by atoms with Gasteiger partial charge in [-0.15, -0.1) is 0 Å². The first kappa shape index (κ1) is 23.9. The Hall–Kier alpha value is -3.72. The van der Waals surface area contributed by atoms with E-state index in [9.17, 15) is 13.2 Å². The average molecular weight is 471 g/mol. The zero-order chi connectivity index (χ0) is 24.0. The standard InChI is InChI=1S/C24H26N2O6S/c1-17(27)25-19-5-11-24(12-6-19)33(28,29)26(20-7-9-21(30-2)10-8-20)16-18-13-22(31-3)15-23(14-18)32-4/h5-15H,16H2,1-4H3,(H,25,27). The molecule has 0 radical (unpaired) electrons. The quantitative estimate of drug-likeness (QED) is 0.507. The van der Waals surface area contributed by atoms with Crippen molar-refractivity contribution in [1.82, 2.24) is 0 Å². The van der Waals surface area contributed by atoms with E-state index in [4.69, 9.17) is 14.2 Å². The third-order valence-corrected chi connectivity index (χ3v) is 6.65. The van der Waals surface area contributed by atoms with Crippen molar-refractivity contribution in [3.8, 4) is 17.2 Å². The molecule has 0 fully saturated rings. The van der Waals surface area contributed by atoms with Crippen LogP contribution >= 0.6 is 0 Å². The Morgan fingerprint density at radius 2 is 1.36 bits per heavy atom. The summed E-state index contributed by atoms with van der Waals surface area (Å²) in [5.74, 6) is 1.48. The molecule has 3 rings (SSSR count). The van der Waals surface area contributed by atoms with Crippen LogP contribution in [0.1, 0.15) is 12.5 Å². The van der Waals surface area contributed by atoms with Crippen molar-refractivity contribution in [3.05, 3.63) is 72.3 Å². The van der Waals surface area contributed by atoms with Crippen molar-refractivity contribution in [2.75, 3.05) is 31.0 Å². The molecule has 0 saturated heterocycles. The van der Waals surface area contributed by atoms with E-state index < -0.39 is 10.0 Å². The number of ether oxygens (including phenoxy) is 3. The number of nitrogens with one attached hydrogen (secondary N) is 1. The van der Waals surface area contributed by atoms with E-state index in [1.807, 2.05) is 0 Å². The highest BCUT2D eigenvalue weighted by Crippen LogP contribution is 2.30. The highest BCUT2D eigenvalue weighted by molar-refractivity contribution is 7.92. The summed E-state index contributed by atoms with van der Waals surface area (Å²) in [6, 6.07) is 18.0. The van der Waals surface area contributed by atoms with Gasteiger partial charge in [-0.1, -0.05) is 0 Å². The second kappa shape index (κ2) is 10.3. The van der Waals surface area contributed by atoms with Gasteiger partial charge >= 0.3 is 0 Å². The van der Waals surface area contributed by atoms with E-state index in [1.54, 1.807) is 61.7 Å². The van der Waals surface area contributed by atoms with Crippen molar-refractivity contribution >= 4 is 27.3 Å². The number of rotatable bonds is 9. The Kier molecular flexibility index (Phi) is 7.44. The molecule has 3 aromatic carbocycles. The van der Waals surface area contributed by atoms with E-state index in [0.29, 0.717) is 34.2 Å². The molecule has 0 heterocycles. The molecule has 33 heavy (non-hydrogen) atoms. The molecule has 1 N–H and O–H groups in total. The normalized spacial score (nSPS) is 10.9. The fourth-order valence-electron chi connectivity index (χ4n) is 3.23. The average Bonchev–Trinajstić information content (AvgIpc) is 2.82. The molecule has 1 amide bonds. The van der Waals surface area contributed by atoms with Crippen LogP contribution < -0.4 is 23.8 Å². The van der Waals surface area contributed by atoms with E-state index in [2.05, 4.69) is 5.32 Å². The number of sulfonamides is 1. The first-order valence-electron chi connectivity index (χ1n) is 10.0. The maximum Gasteiger partial charge on any atom is 0.264 e. The number of carbonyl (C=O) groups is 1. The Labute approximate surface area is 193 Å². The molecule has 9 heteroatoms. The van der Waals surface area contributed by atoms with Gasteiger partial charge in [0, 0.05) is 18.7 Å². The minimum Gasteiger partial charge on any atom is -0.497 e. The predicted molar refractivity (Wildman–Crippen MR) is 127 cm³/mol. The summed E-state index contributed by atoms with van der Waals surface area (Å²) >= 11 is 0. The van der Waals surface area contributed by atoms with Crippen LogP contribution in [0.4, 0.5) is 11.4 Å². The smallest absolute Gasteiger partial charge is 0.264 e. The van der Waals surface area contributed by atoms with Gasteiger partial charge in [0.15, 0.2) is 0 Å².